The molecule has 1 fully saturated rings. The zero-order valence-corrected chi connectivity index (χ0v) is 10.9. The minimum absolute atomic E-state index is 0.787. The molecule has 0 aromatic heterocycles. The molecular weight excluding hydrogens is 188 g/mol. The van der Waals surface area contributed by atoms with Crippen LogP contribution in [-0.4, -0.2) is 51.3 Å². The monoisotopic (exact) mass is 216 g/mol. The van der Waals surface area contributed by atoms with Gasteiger partial charge in [-0.25, -0.2) is 0 Å². The lowest BCUT2D eigenvalue weighted by atomic mass is 10.2. The van der Waals surface area contributed by atoms with Crippen LogP contribution < -0.4 is 5.32 Å². The van der Waals surface area contributed by atoms with Crippen LogP contribution in [0.5, 0.6) is 0 Å². The largest absolute Gasteiger partial charge is 0.379 e. The zero-order chi connectivity index (χ0) is 11.5. The van der Waals surface area contributed by atoms with Crippen LogP contribution in [0.15, 0.2) is 0 Å². The Kier molecular flexibility index (Phi) is 10.3. The van der Waals surface area contributed by atoms with Crippen molar-refractivity contribution in [2.75, 3.05) is 46.4 Å². The third kappa shape index (κ3) is 10.2. The van der Waals surface area contributed by atoms with Crippen LogP contribution >= 0.6 is 0 Å². The molecule has 0 aromatic carbocycles. The Morgan fingerprint density at radius 2 is 1.87 bits per heavy atom. The fraction of sp³-hybridized carbons (Fsp3) is 1.00. The second kappa shape index (κ2) is 10.4. The van der Waals surface area contributed by atoms with Gasteiger partial charge in [0.1, 0.15) is 0 Å². The maximum Gasteiger partial charge on any atom is 0.0594 e. The molecule has 1 saturated heterocycles. The molecule has 92 valence electrons. The summed E-state index contributed by atoms with van der Waals surface area (Å²) in [6.45, 7) is 13.1. The highest BCUT2D eigenvalue weighted by Crippen LogP contribution is 1.96. The highest BCUT2D eigenvalue weighted by molar-refractivity contribution is 4.59. The Morgan fingerprint density at radius 1 is 1.27 bits per heavy atom. The van der Waals surface area contributed by atoms with Gasteiger partial charge in [0, 0.05) is 13.1 Å². The predicted octanol–water partition coefficient (Wildman–Crippen LogP) is 1.59. The lowest BCUT2D eigenvalue weighted by Crippen LogP contribution is -2.36. The molecular formula is C12H28N2O. The van der Waals surface area contributed by atoms with E-state index in [0.717, 1.165) is 38.8 Å². The van der Waals surface area contributed by atoms with Crippen LogP contribution in [0.2, 0.25) is 0 Å². The number of hydrogen-bond acceptors (Lipinski definition) is 3. The van der Waals surface area contributed by atoms with Crippen molar-refractivity contribution in [2.45, 2.75) is 27.2 Å². The maximum absolute atomic E-state index is 5.20. The Balaban J connectivity index is 0.000000288. The van der Waals surface area contributed by atoms with E-state index < -0.39 is 0 Å². The molecule has 1 rings (SSSR count). The summed E-state index contributed by atoms with van der Waals surface area (Å²) in [6.07, 6.45) is 1.26. The standard InChI is InChI=1S/C7H15NO.C5H13N/c1-2-3-8-4-6-9-7-5-8;1-5(2)4-6-3/h2-7H2,1H3;5-6H,4H2,1-3H3. The molecule has 0 saturated carbocycles. The van der Waals surface area contributed by atoms with Gasteiger partial charge in [-0.3, -0.25) is 4.90 Å². The van der Waals surface area contributed by atoms with Crippen molar-refractivity contribution in [3.63, 3.8) is 0 Å². The van der Waals surface area contributed by atoms with Gasteiger partial charge < -0.3 is 10.1 Å². The first kappa shape index (κ1) is 14.9. The highest BCUT2D eigenvalue weighted by Gasteiger charge is 2.07. The average Bonchev–Trinajstić information content (AvgIpc) is 2.20. The van der Waals surface area contributed by atoms with Gasteiger partial charge in [0.05, 0.1) is 13.2 Å². The minimum atomic E-state index is 0.787. The molecule has 0 aliphatic carbocycles. The Labute approximate surface area is 95.2 Å². The second-order valence-electron chi connectivity index (χ2n) is 4.41. The average molecular weight is 216 g/mol. The lowest BCUT2D eigenvalue weighted by Gasteiger charge is -2.25. The normalized spacial score (nSPS) is 17.4. The van der Waals surface area contributed by atoms with Crippen molar-refractivity contribution in [1.29, 1.82) is 0 Å². The number of ether oxygens (including phenoxy) is 1. The van der Waals surface area contributed by atoms with E-state index in [1.165, 1.54) is 13.0 Å². The number of hydrogen-bond donors (Lipinski definition) is 1. The summed E-state index contributed by atoms with van der Waals surface area (Å²) < 4.78 is 5.20. The fourth-order valence-corrected chi connectivity index (χ4v) is 1.55. The molecule has 1 heterocycles. The smallest absolute Gasteiger partial charge is 0.0594 e. The van der Waals surface area contributed by atoms with Gasteiger partial charge in [-0.15, -0.1) is 0 Å². The minimum Gasteiger partial charge on any atom is -0.379 e. The zero-order valence-electron chi connectivity index (χ0n) is 10.9. The number of morpholine rings is 1. The quantitative estimate of drug-likeness (QED) is 0.772. The molecule has 3 heteroatoms. The lowest BCUT2D eigenvalue weighted by molar-refractivity contribution is 0.0380. The van der Waals surface area contributed by atoms with Crippen LogP contribution in [-0.2, 0) is 4.74 Å². The van der Waals surface area contributed by atoms with Crippen molar-refractivity contribution in [2.24, 2.45) is 5.92 Å². The van der Waals surface area contributed by atoms with Crippen molar-refractivity contribution in [3.8, 4) is 0 Å². The SMILES string of the molecule is CCCN1CCOCC1.CNCC(C)C. The van der Waals surface area contributed by atoms with Gasteiger partial charge >= 0.3 is 0 Å². The Hall–Kier alpha value is -0.120. The molecule has 0 aromatic rings. The van der Waals surface area contributed by atoms with E-state index in [1.54, 1.807) is 0 Å². The van der Waals surface area contributed by atoms with E-state index in [1.807, 2.05) is 7.05 Å². The molecule has 0 spiro atoms. The van der Waals surface area contributed by atoms with Gasteiger partial charge in [0.2, 0.25) is 0 Å². The molecule has 1 N–H and O–H groups in total. The topological polar surface area (TPSA) is 24.5 Å². The summed E-state index contributed by atoms with van der Waals surface area (Å²) in [5.74, 6) is 0.787. The van der Waals surface area contributed by atoms with Crippen LogP contribution in [0.3, 0.4) is 0 Å². The molecule has 0 atom stereocenters. The van der Waals surface area contributed by atoms with E-state index in [2.05, 4.69) is 31.0 Å². The molecule has 1 aliphatic rings. The summed E-state index contributed by atoms with van der Waals surface area (Å²) in [5.41, 5.74) is 0. The van der Waals surface area contributed by atoms with Crippen molar-refractivity contribution in [3.05, 3.63) is 0 Å². The first-order valence-electron chi connectivity index (χ1n) is 6.15. The first-order valence-corrected chi connectivity index (χ1v) is 6.15. The molecule has 0 radical (unpaired) electrons. The van der Waals surface area contributed by atoms with Gasteiger partial charge in [0.25, 0.3) is 0 Å². The summed E-state index contributed by atoms with van der Waals surface area (Å²) in [4.78, 5) is 2.45. The Bertz CT molecular complexity index is 120. The van der Waals surface area contributed by atoms with Gasteiger partial charge in [-0.1, -0.05) is 20.8 Å². The second-order valence-corrected chi connectivity index (χ2v) is 4.41. The van der Waals surface area contributed by atoms with Crippen molar-refractivity contribution < 1.29 is 4.74 Å². The van der Waals surface area contributed by atoms with Gasteiger partial charge in [-0.05, 0) is 32.5 Å². The fourth-order valence-electron chi connectivity index (χ4n) is 1.55. The van der Waals surface area contributed by atoms with E-state index in [9.17, 15) is 0 Å². The Morgan fingerprint density at radius 3 is 2.20 bits per heavy atom. The molecule has 3 nitrogen and oxygen atoms in total. The summed E-state index contributed by atoms with van der Waals surface area (Å²) in [5, 5.41) is 3.07. The molecule has 1 aliphatic heterocycles. The number of nitrogens with zero attached hydrogens (tertiary/aromatic N) is 1. The summed E-state index contributed by atoms with van der Waals surface area (Å²) in [6, 6.07) is 0. The van der Waals surface area contributed by atoms with Gasteiger partial charge in [-0.2, -0.15) is 0 Å². The summed E-state index contributed by atoms with van der Waals surface area (Å²) in [7, 11) is 1.97. The molecule has 0 unspecified atom stereocenters. The molecule has 0 amide bonds. The molecule has 0 bridgehead atoms. The predicted molar refractivity (Wildman–Crippen MR) is 66.3 cm³/mol. The number of rotatable bonds is 4. The van der Waals surface area contributed by atoms with Crippen LogP contribution in [0.4, 0.5) is 0 Å². The van der Waals surface area contributed by atoms with Crippen LogP contribution in [0, 0.1) is 5.92 Å². The van der Waals surface area contributed by atoms with Crippen LogP contribution in [0.1, 0.15) is 27.2 Å². The third-order valence-corrected chi connectivity index (χ3v) is 2.26. The number of nitrogens with one attached hydrogen (secondary N) is 1. The van der Waals surface area contributed by atoms with Gasteiger partial charge in [0.15, 0.2) is 0 Å². The first-order chi connectivity index (χ1) is 7.20. The highest BCUT2D eigenvalue weighted by atomic mass is 16.5. The summed E-state index contributed by atoms with van der Waals surface area (Å²) >= 11 is 0. The molecule has 15 heavy (non-hydrogen) atoms. The maximum atomic E-state index is 5.20. The van der Waals surface area contributed by atoms with E-state index in [0.29, 0.717) is 0 Å². The van der Waals surface area contributed by atoms with Crippen LogP contribution in [0.25, 0.3) is 0 Å². The van der Waals surface area contributed by atoms with E-state index >= 15 is 0 Å². The van der Waals surface area contributed by atoms with E-state index in [4.69, 9.17) is 4.74 Å². The van der Waals surface area contributed by atoms with E-state index in [-0.39, 0.29) is 0 Å². The van der Waals surface area contributed by atoms with Crippen molar-refractivity contribution in [1.82, 2.24) is 10.2 Å². The third-order valence-electron chi connectivity index (χ3n) is 2.26. The van der Waals surface area contributed by atoms with Crippen molar-refractivity contribution >= 4 is 0 Å².